The van der Waals surface area contributed by atoms with Crippen molar-refractivity contribution < 1.29 is 28.6 Å². The van der Waals surface area contributed by atoms with E-state index in [0.717, 1.165) is 63.7 Å². The Morgan fingerprint density at radius 3 is 0.839 bits per heavy atom. The zero-order chi connectivity index (χ0) is 45.2. The number of unbranched alkanes of at least 4 members (excludes halogenated alkanes) is 37. The van der Waals surface area contributed by atoms with Crippen LogP contribution < -0.4 is 0 Å². The maximum absolute atomic E-state index is 12.8. The second kappa shape index (κ2) is 50.4. The van der Waals surface area contributed by atoms with Gasteiger partial charge in [-0.05, 0) is 25.2 Å². The van der Waals surface area contributed by atoms with Gasteiger partial charge in [-0.2, -0.15) is 0 Å². The van der Waals surface area contributed by atoms with Crippen molar-refractivity contribution in [2.24, 2.45) is 5.92 Å². The van der Waals surface area contributed by atoms with E-state index in [2.05, 4.69) is 27.7 Å². The second-order valence-corrected chi connectivity index (χ2v) is 19.5. The van der Waals surface area contributed by atoms with Crippen molar-refractivity contribution in [3.05, 3.63) is 0 Å². The third kappa shape index (κ3) is 47.9. The molecule has 0 saturated carbocycles. The van der Waals surface area contributed by atoms with Crippen LogP contribution in [0.1, 0.15) is 317 Å². The van der Waals surface area contributed by atoms with Gasteiger partial charge in [-0.1, -0.05) is 278 Å². The zero-order valence-corrected chi connectivity index (χ0v) is 42.3. The van der Waals surface area contributed by atoms with E-state index in [9.17, 15) is 14.4 Å². The summed E-state index contributed by atoms with van der Waals surface area (Å²) in [6.45, 7) is 9.07. The molecular weight excluding hydrogens is 769 g/mol. The van der Waals surface area contributed by atoms with Crippen LogP contribution in [0.15, 0.2) is 0 Å². The SMILES string of the molecule is CCCCCCCCCCCCCCCCCC(=O)OC[C@@H](COC(=O)CCCCCCCCCCCCC(C)CC)OC(=O)CCCCCCCCCCCCCCCCC. The molecule has 0 aromatic carbocycles. The Balaban J connectivity index is 4.31. The van der Waals surface area contributed by atoms with E-state index in [1.807, 2.05) is 0 Å². The van der Waals surface area contributed by atoms with Crippen LogP contribution in [0.25, 0.3) is 0 Å². The Kier molecular flexibility index (Phi) is 49.1. The molecule has 2 atom stereocenters. The Labute approximate surface area is 387 Å². The second-order valence-electron chi connectivity index (χ2n) is 19.5. The van der Waals surface area contributed by atoms with Gasteiger partial charge in [0.2, 0.25) is 0 Å². The first-order valence-corrected chi connectivity index (χ1v) is 27.9. The lowest BCUT2D eigenvalue weighted by Gasteiger charge is -2.18. The van der Waals surface area contributed by atoms with Gasteiger partial charge in [0.15, 0.2) is 6.10 Å². The molecule has 0 aliphatic rings. The van der Waals surface area contributed by atoms with Crippen molar-refractivity contribution in [2.45, 2.75) is 323 Å². The van der Waals surface area contributed by atoms with Gasteiger partial charge < -0.3 is 14.2 Å². The summed E-state index contributed by atoms with van der Waals surface area (Å²) in [6.07, 6.45) is 53.6. The predicted octanol–water partition coefficient (Wildman–Crippen LogP) is 18.2. The minimum Gasteiger partial charge on any atom is -0.462 e. The number of ether oxygens (including phenoxy) is 3. The molecule has 0 aliphatic heterocycles. The van der Waals surface area contributed by atoms with Crippen molar-refractivity contribution in [3.63, 3.8) is 0 Å². The van der Waals surface area contributed by atoms with E-state index in [1.54, 1.807) is 0 Å². The quantitative estimate of drug-likeness (QED) is 0.0344. The molecule has 0 N–H and O–H groups in total. The average molecular weight is 877 g/mol. The molecule has 6 heteroatoms. The van der Waals surface area contributed by atoms with Crippen LogP contribution >= 0.6 is 0 Å². The van der Waals surface area contributed by atoms with Crippen molar-refractivity contribution >= 4 is 17.9 Å². The normalized spacial score (nSPS) is 12.4. The first kappa shape index (κ1) is 60.4. The largest absolute Gasteiger partial charge is 0.462 e. The van der Waals surface area contributed by atoms with Gasteiger partial charge in [-0.25, -0.2) is 0 Å². The van der Waals surface area contributed by atoms with Crippen LogP contribution in [0, 0.1) is 5.92 Å². The summed E-state index contributed by atoms with van der Waals surface area (Å²) in [4.78, 5) is 38.1. The minimum absolute atomic E-state index is 0.0622. The molecule has 0 bridgehead atoms. The van der Waals surface area contributed by atoms with Gasteiger partial charge in [0.1, 0.15) is 13.2 Å². The highest BCUT2D eigenvalue weighted by Gasteiger charge is 2.19. The van der Waals surface area contributed by atoms with Gasteiger partial charge in [-0.15, -0.1) is 0 Å². The summed E-state index contributed by atoms with van der Waals surface area (Å²) in [5.41, 5.74) is 0. The molecule has 0 spiro atoms. The lowest BCUT2D eigenvalue weighted by Crippen LogP contribution is -2.30. The molecule has 0 heterocycles. The smallest absolute Gasteiger partial charge is 0.306 e. The summed E-state index contributed by atoms with van der Waals surface area (Å²) in [7, 11) is 0. The van der Waals surface area contributed by atoms with Crippen LogP contribution in [0.4, 0.5) is 0 Å². The number of carbonyl (C=O) groups is 3. The van der Waals surface area contributed by atoms with Gasteiger partial charge in [0.25, 0.3) is 0 Å². The fourth-order valence-electron chi connectivity index (χ4n) is 8.54. The van der Waals surface area contributed by atoms with Crippen molar-refractivity contribution in [3.8, 4) is 0 Å². The predicted molar refractivity (Wildman–Crippen MR) is 266 cm³/mol. The molecule has 0 aromatic rings. The topological polar surface area (TPSA) is 78.9 Å². The molecule has 0 saturated heterocycles. The van der Waals surface area contributed by atoms with Crippen molar-refractivity contribution in [1.82, 2.24) is 0 Å². The summed E-state index contributed by atoms with van der Waals surface area (Å²) in [5, 5.41) is 0. The average Bonchev–Trinajstić information content (AvgIpc) is 3.27. The third-order valence-electron chi connectivity index (χ3n) is 13.2. The standard InChI is InChI=1S/C56H108O6/c1-5-8-10-12-14-16-18-20-22-24-26-31-35-39-43-47-54(57)60-50-53(51-61-55(58)48-44-40-36-32-29-28-30-34-38-42-46-52(4)7-3)62-56(59)49-45-41-37-33-27-25-23-21-19-17-15-13-11-9-6-2/h52-53H,5-51H2,1-4H3/t52?,53-/m0/s1. The lowest BCUT2D eigenvalue weighted by atomic mass is 9.99. The molecular formula is C56H108O6. The molecule has 0 radical (unpaired) electrons. The van der Waals surface area contributed by atoms with Crippen LogP contribution in [0.3, 0.4) is 0 Å². The summed E-state index contributed by atoms with van der Waals surface area (Å²) < 4.78 is 16.9. The summed E-state index contributed by atoms with van der Waals surface area (Å²) in [6, 6.07) is 0. The highest BCUT2D eigenvalue weighted by atomic mass is 16.6. The lowest BCUT2D eigenvalue weighted by molar-refractivity contribution is -0.167. The number of carbonyl (C=O) groups excluding carboxylic acids is 3. The summed E-state index contributed by atoms with van der Waals surface area (Å²) >= 11 is 0. The van der Waals surface area contributed by atoms with Crippen molar-refractivity contribution in [2.75, 3.05) is 13.2 Å². The van der Waals surface area contributed by atoms with Crippen molar-refractivity contribution in [1.29, 1.82) is 0 Å². The number of hydrogen-bond acceptors (Lipinski definition) is 6. The van der Waals surface area contributed by atoms with E-state index in [0.29, 0.717) is 19.3 Å². The fourth-order valence-corrected chi connectivity index (χ4v) is 8.54. The first-order valence-electron chi connectivity index (χ1n) is 27.9. The van der Waals surface area contributed by atoms with Crippen LogP contribution in [0.5, 0.6) is 0 Å². The Morgan fingerprint density at radius 1 is 0.323 bits per heavy atom. The number of hydrogen-bond donors (Lipinski definition) is 0. The first-order chi connectivity index (χ1) is 30.4. The highest BCUT2D eigenvalue weighted by molar-refractivity contribution is 5.71. The van der Waals surface area contributed by atoms with Gasteiger partial charge in [-0.3, -0.25) is 14.4 Å². The maximum atomic E-state index is 12.8. The van der Waals surface area contributed by atoms with Crippen LogP contribution in [-0.4, -0.2) is 37.2 Å². The van der Waals surface area contributed by atoms with E-state index >= 15 is 0 Å². The Morgan fingerprint density at radius 2 is 0.565 bits per heavy atom. The Bertz CT molecular complexity index is 935. The van der Waals surface area contributed by atoms with Gasteiger partial charge in [0, 0.05) is 19.3 Å². The fraction of sp³-hybridized carbons (Fsp3) is 0.946. The molecule has 62 heavy (non-hydrogen) atoms. The Hall–Kier alpha value is -1.59. The van der Waals surface area contributed by atoms with Crippen LogP contribution in [0.2, 0.25) is 0 Å². The maximum Gasteiger partial charge on any atom is 0.306 e. The highest BCUT2D eigenvalue weighted by Crippen LogP contribution is 2.18. The number of esters is 3. The monoisotopic (exact) mass is 877 g/mol. The zero-order valence-electron chi connectivity index (χ0n) is 42.3. The minimum atomic E-state index is -0.761. The molecule has 368 valence electrons. The number of rotatable bonds is 51. The van der Waals surface area contributed by atoms with Gasteiger partial charge >= 0.3 is 17.9 Å². The molecule has 1 unspecified atom stereocenters. The molecule has 0 fully saturated rings. The van der Waals surface area contributed by atoms with E-state index in [-0.39, 0.29) is 31.1 Å². The van der Waals surface area contributed by atoms with E-state index < -0.39 is 6.10 Å². The molecule has 0 aromatic heterocycles. The molecule has 0 rings (SSSR count). The molecule has 0 amide bonds. The third-order valence-corrected chi connectivity index (χ3v) is 13.2. The van der Waals surface area contributed by atoms with Gasteiger partial charge in [0.05, 0.1) is 0 Å². The van der Waals surface area contributed by atoms with Crippen LogP contribution in [-0.2, 0) is 28.6 Å². The molecule has 6 nitrogen and oxygen atoms in total. The van der Waals surface area contributed by atoms with E-state index in [1.165, 1.54) is 212 Å². The van der Waals surface area contributed by atoms with E-state index in [4.69, 9.17) is 14.2 Å². The molecule has 0 aliphatic carbocycles. The summed E-state index contributed by atoms with van der Waals surface area (Å²) in [5.74, 6) is 0.0315.